The summed E-state index contributed by atoms with van der Waals surface area (Å²) < 4.78 is 1.20. The summed E-state index contributed by atoms with van der Waals surface area (Å²) in [5.41, 5.74) is 0. The molecule has 0 aliphatic carbocycles. The van der Waals surface area contributed by atoms with Crippen molar-refractivity contribution in [3.8, 4) is 0 Å². The first kappa shape index (κ1) is 4.18. The minimum atomic E-state index is 1.20. The molecule has 0 atom stereocenters. The van der Waals surface area contributed by atoms with Crippen molar-refractivity contribution in [1.82, 2.24) is 10.2 Å². The average molecular weight is 186 g/mol. The summed E-state index contributed by atoms with van der Waals surface area (Å²) in [7, 11) is 0. The molecule has 3 heteroatoms. The average Bonchev–Trinajstić information content (AvgIpc) is 1.86. The Morgan fingerprint density at radius 1 is 1.83 bits per heavy atom. The van der Waals surface area contributed by atoms with E-state index in [1.54, 1.807) is 6.20 Å². The van der Waals surface area contributed by atoms with E-state index < -0.39 is 0 Å². The van der Waals surface area contributed by atoms with Gasteiger partial charge in [-0.1, -0.05) is 0 Å². The van der Waals surface area contributed by atoms with E-state index in [9.17, 15) is 0 Å². The second kappa shape index (κ2) is 1.64. The number of nitrogens with zero attached hydrogens (tertiary/aromatic N) is 1. The van der Waals surface area contributed by atoms with Crippen LogP contribution in [0.2, 0.25) is 0 Å². The van der Waals surface area contributed by atoms with Crippen molar-refractivity contribution in [2.45, 2.75) is 0 Å². The molecule has 1 rings (SSSR count). The molecule has 6 heavy (non-hydrogen) atoms. The molecule has 0 unspecified atom stereocenters. The number of hydrogen-bond acceptors (Lipinski definition) is 1. The molecule has 29 valence electrons. The molecule has 0 amide bonds. The van der Waals surface area contributed by atoms with E-state index >= 15 is 0 Å². The molecule has 0 fully saturated rings. The summed E-state index contributed by atoms with van der Waals surface area (Å²) in [5, 5.41) is 6.51. The van der Waals surface area contributed by atoms with Gasteiger partial charge in [0.15, 0.2) is 0 Å². The molecule has 0 spiro atoms. The first-order valence-corrected chi connectivity index (χ1v) is 3.03. The quantitative estimate of drug-likeness (QED) is 0.528. The van der Waals surface area contributed by atoms with Gasteiger partial charge in [-0.25, -0.2) is 0 Å². The van der Waals surface area contributed by atoms with Crippen molar-refractivity contribution in [3.63, 3.8) is 0 Å². The van der Waals surface area contributed by atoms with Gasteiger partial charge < -0.3 is 0 Å². The Hall–Kier alpha value is 0.00870. The van der Waals surface area contributed by atoms with Crippen LogP contribution in [0.25, 0.3) is 0 Å². The van der Waals surface area contributed by atoms with Crippen LogP contribution in [0.5, 0.6) is 0 Å². The van der Waals surface area contributed by atoms with Gasteiger partial charge in [0.1, 0.15) is 0 Å². The minimum absolute atomic E-state index is 1.20. The topological polar surface area (TPSA) is 28.7 Å². The van der Waals surface area contributed by atoms with Crippen LogP contribution in [-0.2, 0) is 0 Å². The fourth-order valence-corrected chi connectivity index (χ4v) is 0.653. The maximum absolute atomic E-state index is 3.72. The summed E-state index contributed by atoms with van der Waals surface area (Å²) >= 11 is 1.39. The van der Waals surface area contributed by atoms with Crippen molar-refractivity contribution in [2.75, 3.05) is 0 Å². The molecule has 1 N–H and O–H groups in total. The van der Waals surface area contributed by atoms with Gasteiger partial charge >= 0.3 is 48.7 Å². The van der Waals surface area contributed by atoms with Gasteiger partial charge in [0.25, 0.3) is 0 Å². The number of H-pyrrole nitrogens is 1. The van der Waals surface area contributed by atoms with E-state index in [0.717, 1.165) is 0 Å². The molecule has 1 heterocycles. The van der Waals surface area contributed by atoms with Gasteiger partial charge in [-0.05, 0) is 0 Å². The van der Waals surface area contributed by atoms with Gasteiger partial charge in [-0.15, -0.1) is 0 Å². The monoisotopic (exact) mass is 187 g/mol. The van der Waals surface area contributed by atoms with Crippen LogP contribution in [0.3, 0.4) is 0 Å². The molecule has 0 saturated heterocycles. The van der Waals surface area contributed by atoms with Crippen LogP contribution in [-0.4, -0.2) is 32.7 Å². The van der Waals surface area contributed by atoms with E-state index in [1.807, 2.05) is 6.07 Å². The second-order valence-electron chi connectivity index (χ2n) is 0.970. The number of aromatic amines is 1. The van der Waals surface area contributed by atoms with Gasteiger partial charge in [-0.3, -0.25) is 0 Å². The molecule has 0 aliphatic heterocycles. The van der Waals surface area contributed by atoms with Crippen LogP contribution >= 0.6 is 0 Å². The van der Waals surface area contributed by atoms with Crippen LogP contribution in [0, 0.1) is 0 Å². The van der Waals surface area contributed by atoms with Gasteiger partial charge in [0.05, 0.1) is 0 Å². The van der Waals surface area contributed by atoms with E-state index in [0.29, 0.717) is 0 Å². The molecule has 3 radical (unpaired) electrons. The summed E-state index contributed by atoms with van der Waals surface area (Å²) in [6.45, 7) is 0. The Bertz CT molecular complexity index is 112. The van der Waals surface area contributed by atoms with E-state index in [4.69, 9.17) is 0 Å². The van der Waals surface area contributed by atoms with Crippen LogP contribution in [0.4, 0.5) is 0 Å². The molecule has 0 saturated carbocycles. The van der Waals surface area contributed by atoms with Crippen LogP contribution in [0.1, 0.15) is 0 Å². The third kappa shape index (κ3) is 0.739. The van der Waals surface area contributed by atoms with E-state index in [1.165, 1.54) is 26.2 Å². The molecular weight excluding hydrogens is 183 g/mol. The first-order valence-electron chi connectivity index (χ1n) is 1.60. The van der Waals surface area contributed by atoms with Crippen LogP contribution < -0.4 is 3.71 Å². The first-order chi connectivity index (χ1) is 2.89. The normalized spacial score (nSPS) is 8.83. The van der Waals surface area contributed by atoms with Crippen molar-refractivity contribution in [1.29, 1.82) is 0 Å². The zero-order valence-electron chi connectivity index (χ0n) is 3.10. The predicted molar refractivity (Wildman–Crippen MR) is 24.0 cm³/mol. The maximum atomic E-state index is 3.72. The molecular formula is C3H3N2Sn. The van der Waals surface area contributed by atoms with Gasteiger partial charge in [0, 0.05) is 0 Å². The Kier molecular flexibility index (Phi) is 1.14. The van der Waals surface area contributed by atoms with Crippen molar-refractivity contribution in [2.24, 2.45) is 0 Å². The summed E-state index contributed by atoms with van der Waals surface area (Å²) in [5.74, 6) is 0. The fourth-order valence-electron chi connectivity index (χ4n) is 0.256. The van der Waals surface area contributed by atoms with Gasteiger partial charge in [0.2, 0.25) is 0 Å². The molecule has 0 aliphatic rings. The Labute approximate surface area is 49.0 Å². The molecule has 1 aromatic rings. The zero-order valence-corrected chi connectivity index (χ0v) is 5.96. The van der Waals surface area contributed by atoms with Crippen molar-refractivity contribution in [3.05, 3.63) is 12.3 Å². The number of nitrogens with one attached hydrogen (secondary N) is 1. The molecule has 1 aromatic heterocycles. The number of hydrogen-bond donors (Lipinski definition) is 1. The Morgan fingerprint density at radius 2 is 2.67 bits per heavy atom. The Morgan fingerprint density at radius 3 is 2.83 bits per heavy atom. The molecule has 0 aromatic carbocycles. The molecule has 0 bridgehead atoms. The fraction of sp³-hybridized carbons (Fsp3) is 0. The predicted octanol–water partition coefficient (Wildman–Crippen LogP) is -0.797. The third-order valence-corrected chi connectivity index (χ3v) is 1.30. The van der Waals surface area contributed by atoms with Crippen molar-refractivity contribution >= 4 is 26.2 Å². The zero-order chi connectivity index (χ0) is 4.41. The standard InChI is InChI=1S/C3H3N2.Sn/c1-2-4-5-3-1;/h1-2H,(H,4,5);. The second-order valence-corrected chi connectivity index (χ2v) is 2.51. The Balaban J connectivity index is 3.05. The summed E-state index contributed by atoms with van der Waals surface area (Å²) in [6, 6.07) is 1.96. The van der Waals surface area contributed by atoms with Crippen LogP contribution in [0.15, 0.2) is 12.3 Å². The number of rotatable bonds is 0. The third-order valence-electron chi connectivity index (χ3n) is 0.501. The number of aromatic nitrogens is 2. The van der Waals surface area contributed by atoms with Crippen molar-refractivity contribution < 1.29 is 0 Å². The van der Waals surface area contributed by atoms with E-state index in [2.05, 4.69) is 10.2 Å². The summed E-state index contributed by atoms with van der Waals surface area (Å²) in [4.78, 5) is 0. The van der Waals surface area contributed by atoms with Gasteiger partial charge in [-0.2, -0.15) is 0 Å². The SMILES string of the molecule is [Sn][c]1ccn[nH]1. The van der Waals surface area contributed by atoms with E-state index in [-0.39, 0.29) is 0 Å². The molecule has 2 nitrogen and oxygen atoms in total. The summed E-state index contributed by atoms with van der Waals surface area (Å²) in [6.07, 6.45) is 1.75.